The van der Waals surface area contributed by atoms with Crippen LogP contribution >= 0.6 is 11.3 Å². The first-order valence-corrected chi connectivity index (χ1v) is 11.9. The van der Waals surface area contributed by atoms with Crippen LogP contribution in [0.3, 0.4) is 0 Å². The highest BCUT2D eigenvalue weighted by Crippen LogP contribution is 2.43. The molecule has 1 aliphatic heterocycles. The predicted octanol–water partition coefficient (Wildman–Crippen LogP) is 5.35. The molecule has 0 N–H and O–H groups in total. The highest BCUT2D eigenvalue weighted by molar-refractivity contribution is 7.13. The summed E-state index contributed by atoms with van der Waals surface area (Å²) in [6, 6.07) is 10.1. The molecular formula is C26H24N2O5S. The average molecular weight is 477 g/mol. The minimum Gasteiger partial charge on any atom is -0.493 e. The molecule has 5 rings (SSSR count). The second-order valence-corrected chi connectivity index (χ2v) is 9.55. The fourth-order valence-electron chi connectivity index (χ4n) is 4.16. The van der Waals surface area contributed by atoms with E-state index in [0.717, 1.165) is 5.56 Å². The van der Waals surface area contributed by atoms with Gasteiger partial charge in [-0.1, -0.05) is 31.5 Å². The van der Waals surface area contributed by atoms with Crippen molar-refractivity contribution in [1.29, 1.82) is 0 Å². The van der Waals surface area contributed by atoms with Crippen molar-refractivity contribution in [3.63, 3.8) is 0 Å². The van der Waals surface area contributed by atoms with E-state index in [1.54, 1.807) is 30.8 Å². The average Bonchev–Trinajstić information content (AvgIpc) is 3.45. The second kappa shape index (κ2) is 8.61. The number of nitrogens with zero attached hydrogens (tertiary/aromatic N) is 2. The second-order valence-electron chi connectivity index (χ2n) is 8.68. The number of carbonyl (C=O) groups is 1. The van der Waals surface area contributed by atoms with Gasteiger partial charge in [0.1, 0.15) is 5.58 Å². The van der Waals surface area contributed by atoms with Gasteiger partial charge in [-0.2, -0.15) is 0 Å². The molecule has 0 saturated heterocycles. The minimum absolute atomic E-state index is 0.0423. The van der Waals surface area contributed by atoms with E-state index in [9.17, 15) is 9.59 Å². The van der Waals surface area contributed by atoms with Gasteiger partial charge < -0.3 is 13.9 Å². The summed E-state index contributed by atoms with van der Waals surface area (Å²) in [5.41, 5.74) is 2.10. The third-order valence-corrected chi connectivity index (χ3v) is 6.50. The van der Waals surface area contributed by atoms with Crippen LogP contribution < -0.4 is 19.8 Å². The van der Waals surface area contributed by atoms with Gasteiger partial charge in [-0.05, 0) is 42.7 Å². The lowest BCUT2D eigenvalue weighted by atomic mass is 9.98. The Hall–Kier alpha value is -3.65. The fraction of sp³-hybridized carbons (Fsp3) is 0.269. The summed E-state index contributed by atoms with van der Waals surface area (Å²) in [4.78, 5) is 33.1. The molecule has 0 bridgehead atoms. The number of fused-ring (bicyclic) bond motifs is 2. The molecule has 174 valence electrons. The zero-order chi connectivity index (χ0) is 24.0. The zero-order valence-electron chi connectivity index (χ0n) is 19.3. The van der Waals surface area contributed by atoms with Gasteiger partial charge in [0.25, 0.3) is 5.91 Å². The van der Waals surface area contributed by atoms with Crippen LogP contribution in [-0.2, 0) is 0 Å². The molecule has 2 aromatic carbocycles. The van der Waals surface area contributed by atoms with Gasteiger partial charge in [0, 0.05) is 11.6 Å². The summed E-state index contributed by atoms with van der Waals surface area (Å²) < 4.78 is 17.5. The van der Waals surface area contributed by atoms with Crippen molar-refractivity contribution in [3.8, 4) is 11.5 Å². The first-order chi connectivity index (χ1) is 16.4. The number of rotatable bonds is 6. The lowest BCUT2D eigenvalue weighted by Gasteiger charge is -2.23. The highest BCUT2D eigenvalue weighted by Gasteiger charge is 2.45. The standard InChI is InChI=1S/C26H24N2O5S/c1-14(2)13-32-19-8-6-16(12-20(19)31-4)22-21-23(29)17-11-15(3)5-7-18(17)33-24(21)25(30)28(22)26-27-9-10-34-26/h5-12,14,22H,13H2,1-4H3. The van der Waals surface area contributed by atoms with Crippen LogP contribution in [0.5, 0.6) is 11.5 Å². The SMILES string of the molecule is COc1cc(C2c3c(oc4ccc(C)cc4c3=O)C(=O)N2c2nccs2)ccc1OCC(C)C. The number of aromatic nitrogens is 1. The minimum atomic E-state index is -0.706. The number of carbonyl (C=O) groups excluding carboxylic acids is 1. The third-order valence-electron chi connectivity index (χ3n) is 5.73. The summed E-state index contributed by atoms with van der Waals surface area (Å²) in [7, 11) is 1.57. The quantitative estimate of drug-likeness (QED) is 0.373. The largest absolute Gasteiger partial charge is 0.493 e. The first-order valence-electron chi connectivity index (χ1n) is 11.0. The van der Waals surface area contributed by atoms with Gasteiger partial charge in [0.2, 0.25) is 5.76 Å². The third kappa shape index (κ3) is 3.64. The Morgan fingerprint density at radius 1 is 1.15 bits per heavy atom. The summed E-state index contributed by atoms with van der Waals surface area (Å²) in [6.07, 6.45) is 1.63. The van der Waals surface area contributed by atoms with E-state index in [-0.39, 0.29) is 11.2 Å². The number of anilines is 1. The van der Waals surface area contributed by atoms with E-state index in [0.29, 0.717) is 51.3 Å². The van der Waals surface area contributed by atoms with Gasteiger partial charge in [0.05, 0.1) is 30.7 Å². The molecule has 0 radical (unpaired) electrons. The summed E-state index contributed by atoms with van der Waals surface area (Å²) in [5, 5.41) is 2.72. The summed E-state index contributed by atoms with van der Waals surface area (Å²) in [6.45, 7) is 6.59. The Morgan fingerprint density at radius 3 is 2.68 bits per heavy atom. The van der Waals surface area contributed by atoms with Gasteiger partial charge >= 0.3 is 0 Å². The van der Waals surface area contributed by atoms with Gasteiger partial charge in [0.15, 0.2) is 22.1 Å². The van der Waals surface area contributed by atoms with E-state index >= 15 is 0 Å². The van der Waals surface area contributed by atoms with Crippen molar-refractivity contribution < 1.29 is 18.7 Å². The van der Waals surface area contributed by atoms with E-state index in [4.69, 9.17) is 13.9 Å². The van der Waals surface area contributed by atoms with Gasteiger partial charge in [-0.25, -0.2) is 4.98 Å². The van der Waals surface area contributed by atoms with Crippen molar-refractivity contribution in [1.82, 2.24) is 4.98 Å². The number of hydrogen-bond acceptors (Lipinski definition) is 7. The molecule has 34 heavy (non-hydrogen) atoms. The number of benzene rings is 2. The maximum atomic E-state index is 13.7. The van der Waals surface area contributed by atoms with E-state index in [2.05, 4.69) is 18.8 Å². The maximum Gasteiger partial charge on any atom is 0.297 e. The zero-order valence-corrected chi connectivity index (χ0v) is 20.1. The fourth-order valence-corrected chi connectivity index (χ4v) is 4.83. The lowest BCUT2D eigenvalue weighted by Crippen LogP contribution is -2.29. The Bertz CT molecular complexity index is 1440. The van der Waals surface area contributed by atoms with Crippen molar-refractivity contribution in [2.24, 2.45) is 5.92 Å². The molecule has 3 heterocycles. The maximum absolute atomic E-state index is 13.7. The molecule has 0 fully saturated rings. The highest BCUT2D eigenvalue weighted by atomic mass is 32.1. The van der Waals surface area contributed by atoms with Crippen LogP contribution in [0.2, 0.25) is 0 Å². The van der Waals surface area contributed by atoms with Crippen molar-refractivity contribution >= 4 is 33.3 Å². The monoisotopic (exact) mass is 476 g/mol. The van der Waals surface area contributed by atoms with E-state index in [1.165, 1.54) is 16.2 Å². The molecule has 1 amide bonds. The molecule has 7 nitrogen and oxygen atoms in total. The molecule has 1 atom stereocenters. The Morgan fingerprint density at radius 2 is 1.97 bits per heavy atom. The molecule has 1 unspecified atom stereocenters. The van der Waals surface area contributed by atoms with Crippen molar-refractivity contribution in [3.05, 3.63) is 80.6 Å². The van der Waals surface area contributed by atoms with Crippen LogP contribution in [0.25, 0.3) is 11.0 Å². The number of aryl methyl sites for hydroxylation is 1. The molecular weight excluding hydrogens is 452 g/mol. The van der Waals surface area contributed by atoms with Gasteiger partial charge in [-0.3, -0.25) is 14.5 Å². The van der Waals surface area contributed by atoms with Crippen LogP contribution in [0.1, 0.15) is 47.1 Å². The molecule has 1 aliphatic rings. The number of amides is 1. The summed E-state index contributed by atoms with van der Waals surface area (Å²) >= 11 is 1.32. The van der Waals surface area contributed by atoms with E-state index < -0.39 is 11.9 Å². The van der Waals surface area contributed by atoms with Crippen LogP contribution in [0.15, 0.2) is 57.2 Å². The molecule has 8 heteroatoms. The molecule has 0 spiro atoms. The van der Waals surface area contributed by atoms with Crippen LogP contribution in [0, 0.1) is 12.8 Å². The lowest BCUT2D eigenvalue weighted by molar-refractivity contribution is 0.0971. The Labute approximate surface area is 200 Å². The van der Waals surface area contributed by atoms with Crippen LogP contribution in [0.4, 0.5) is 5.13 Å². The van der Waals surface area contributed by atoms with Gasteiger partial charge in [-0.15, -0.1) is 11.3 Å². The first kappa shape index (κ1) is 22.2. The molecule has 2 aromatic heterocycles. The number of methoxy groups -OCH3 is 1. The molecule has 4 aromatic rings. The van der Waals surface area contributed by atoms with Crippen molar-refractivity contribution in [2.45, 2.75) is 26.8 Å². The van der Waals surface area contributed by atoms with Crippen molar-refractivity contribution in [2.75, 3.05) is 18.6 Å². The number of ether oxygens (including phenoxy) is 2. The van der Waals surface area contributed by atoms with Crippen LogP contribution in [-0.4, -0.2) is 24.6 Å². The topological polar surface area (TPSA) is 81.9 Å². The predicted molar refractivity (Wildman–Crippen MR) is 131 cm³/mol. The Balaban J connectivity index is 1.72. The number of thiazole rings is 1. The van der Waals surface area contributed by atoms with E-state index in [1.807, 2.05) is 31.2 Å². The smallest absolute Gasteiger partial charge is 0.297 e. The normalized spacial score (nSPS) is 15.3. The number of hydrogen-bond donors (Lipinski definition) is 0. The molecule has 0 saturated carbocycles. The Kier molecular flexibility index (Phi) is 5.61. The summed E-state index contributed by atoms with van der Waals surface area (Å²) in [5.74, 6) is 1.13. The molecule has 0 aliphatic carbocycles.